The molecule has 0 aromatic carbocycles. The van der Waals surface area contributed by atoms with Gasteiger partial charge < -0.3 is 5.73 Å². The Bertz CT molecular complexity index is 419. The number of nitrogens with two attached hydrogens (primary N) is 1. The Morgan fingerprint density at radius 1 is 1.46 bits per heavy atom. The molecule has 0 aliphatic carbocycles. The first kappa shape index (κ1) is 7.97. The molecule has 0 aliphatic heterocycles. The first-order chi connectivity index (χ1) is 6.33. The molecule has 0 bridgehead atoms. The molecule has 0 atom stereocenters. The minimum absolute atomic E-state index is 0.493. The smallest absolute Gasteiger partial charge is 0.163 e. The number of aryl methyl sites for hydroxylation is 1. The van der Waals surface area contributed by atoms with Gasteiger partial charge in [0.2, 0.25) is 0 Å². The number of nitrogen functional groups attached to an aromatic ring is 1. The molecule has 0 saturated carbocycles. The van der Waals surface area contributed by atoms with E-state index in [2.05, 4.69) is 22.0 Å². The lowest BCUT2D eigenvalue weighted by atomic mass is 10.4. The summed E-state index contributed by atoms with van der Waals surface area (Å²) in [5, 5.41) is 5.01. The summed E-state index contributed by atoms with van der Waals surface area (Å²) in [4.78, 5) is 8.02. The maximum absolute atomic E-state index is 5.66. The van der Waals surface area contributed by atoms with Gasteiger partial charge in [0.05, 0.1) is 11.6 Å². The zero-order valence-corrected chi connectivity index (χ0v) is 7.44. The molecule has 0 spiro atoms. The Morgan fingerprint density at radius 2 is 2.31 bits per heavy atom. The summed E-state index contributed by atoms with van der Waals surface area (Å²) in [5.74, 6) is 0.493. The third kappa shape index (κ3) is 1.22. The second-order valence-electron chi connectivity index (χ2n) is 2.86. The van der Waals surface area contributed by atoms with Crippen molar-refractivity contribution >= 4 is 16.9 Å². The fourth-order valence-corrected chi connectivity index (χ4v) is 1.29. The lowest BCUT2D eigenvalue weighted by molar-refractivity contribution is 0.617. The van der Waals surface area contributed by atoms with E-state index in [1.165, 1.54) is 6.33 Å². The van der Waals surface area contributed by atoms with Gasteiger partial charge in [0, 0.05) is 6.54 Å². The average Bonchev–Trinajstić information content (AvgIpc) is 2.51. The van der Waals surface area contributed by atoms with E-state index in [1.54, 1.807) is 6.20 Å². The van der Waals surface area contributed by atoms with Crippen LogP contribution in [0, 0.1) is 0 Å². The second kappa shape index (κ2) is 3.01. The molecule has 0 amide bonds. The van der Waals surface area contributed by atoms with Crippen molar-refractivity contribution in [1.82, 2.24) is 19.7 Å². The van der Waals surface area contributed by atoms with Gasteiger partial charge in [0.25, 0.3) is 0 Å². The number of hydrogen-bond acceptors (Lipinski definition) is 4. The molecule has 0 unspecified atom stereocenters. The number of fused-ring (bicyclic) bond motifs is 1. The number of anilines is 1. The highest BCUT2D eigenvalue weighted by atomic mass is 15.3. The predicted molar refractivity (Wildman–Crippen MR) is 50.0 cm³/mol. The van der Waals surface area contributed by atoms with Crippen LogP contribution < -0.4 is 5.73 Å². The minimum Gasteiger partial charge on any atom is -0.383 e. The van der Waals surface area contributed by atoms with E-state index < -0.39 is 0 Å². The standard InChI is InChI=1S/C8H11N5/c1-2-3-13-8-6(4-12-13)7(9)10-5-11-8/h4-5H,2-3H2,1H3,(H2,9,10,11). The second-order valence-corrected chi connectivity index (χ2v) is 2.86. The van der Waals surface area contributed by atoms with Crippen LogP contribution in [0.5, 0.6) is 0 Å². The molecule has 2 aromatic rings. The van der Waals surface area contributed by atoms with Crippen molar-refractivity contribution in [1.29, 1.82) is 0 Å². The van der Waals surface area contributed by atoms with Gasteiger partial charge in [-0.05, 0) is 6.42 Å². The quantitative estimate of drug-likeness (QED) is 0.737. The van der Waals surface area contributed by atoms with Crippen LogP contribution in [0.4, 0.5) is 5.82 Å². The molecule has 0 fully saturated rings. The van der Waals surface area contributed by atoms with Crippen molar-refractivity contribution in [3.8, 4) is 0 Å². The first-order valence-corrected chi connectivity index (χ1v) is 4.25. The van der Waals surface area contributed by atoms with Crippen molar-refractivity contribution < 1.29 is 0 Å². The van der Waals surface area contributed by atoms with E-state index in [1.807, 2.05) is 4.68 Å². The summed E-state index contributed by atoms with van der Waals surface area (Å²) in [6.07, 6.45) is 4.20. The Hall–Kier alpha value is -1.65. The fourth-order valence-electron chi connectivity index (χ4n) is 1.29. The van der Waals surface area contributed by atoms with E-state index in [4.69, 9.17) is 5.73 Å². The zero-order valence-electron chi connectivity index (χ0n) is 7.44. The van der Waals surface area contributed by atoms with E-state index in [0.29, 0.717) is 5.82 Å². The number of nitrogens with zero attached hydrogens (tertiary/aromatic N) is 4. The first-order valence-electron chi connectivity index (χ1n) is 4.25. The lowest BCUT2D eigenvalue weighted by Gasteiger charge is -1.98. The van der Waals surface area contributed by atoms with Crippen LogP contribution >= 0.6 is 0 Å². The molecule has 0 aliphatic rings. The number of hydrogen-bond donors (Lipinski definition) is 1. The monoisotopic (exact) mass is 177 g/mol. The molecule has 0 radical (unpaired) electrons. The SMILES string of the molecule is CCCn1ncc2c(N)ncnc21. The van der Waals surface area contributed by atoms with Gasteiger partial charge in [-0.1, -0.05) is 6.92 Å². The highest BCUT2D eigenvalue weighted by molar-refractivity contribution is 5.84. The van der Waals surface area contributed by atoms with Crippen LogP contribution in [0.25, 0.3) is 11.0 Å². The minimum atomic E-state index is 0.493. The van der Waals surface area contributed by atoms with Crippen LogP contribution in [0.1, 0.15) is 13.3 Å². The van der Waals surface area contributed by atoms with Gasteiger partial charge in [0.15, 0.2) is 5.65 Å². The number of aromatic nitrogens is 4. The Morgan fingerprint density at radius 3 is 3.08 bits per heavy atom. The van der Waals surface area contributed by atoms with Crippen molar-refractivity contribution in [3.05, 3.63) is 12.5 Å². The molecule has 0 saturated heterocycles. The lowest BCUT2D eigenvalue weighted by Crippen LogP contribution is -2.00. The highest BCUT2D eigenvalue weighted by Crippen LogP contribution is 2.15. The van der Waals surface area contributed by atoms with Crippen molar-refractivity contribution in [3.63, 3.8) is 0 Å². The summed E-state index contributed by atoms with van der Waals surface area (Å²) in [7, 11) is 0. The Balaban J connectivity index is 2.61. The summed E-state index contributed by atoms with van der Waals surface area (Å²) < 4.78 is 1.84. The van der Waals surface area contributed by atoms with Gasteiger partial charge in [-0.25, -0.2) is 14.6 Å². The Kier molecular flexibility index (Phi) is 1.84. The molecular formula is C8H11N5. The van der Waals surface area contributed by atoms with E-state index >= 15 is 0 Å². The number of rotatable bonds is 2. The third-order valence-corrected chi connectivity index (χ3v) is 1.90. The van der Waals surface area contributed by atoms with E-state index in [0.717, 1.165) is 24.0 Å². The van der Waals surface area contributed by atoms with Crippen LogP contribution in [0.2, 0.25) is 0 Å². The highest BCUT2D eigenvalue weighted by Gasteiger charge is 2.05. The van der Waals surface area contributed by atoms with E-state index in [9.17, 15) is 0 Å². The fraction of sp³-hybridized carbons (Fsp3) is 0.375. The Labute approximate surface area is 75.6 Å². The molecule has 68 valence electrons. The summed E-state index contributed by atoms with van der Waals surface area (Å²) in [5.41, 5.74) is 6.48. The van der Waals surface area contributed by atoms with Crippen molar-refractivity contribution in [2.45, 2.75) is 19.9 Å². The van der Waals surface area contributed by atoms with Gasteiger partial charge in [-0.2, -0.15) is 5.10 Å². The third-order valence-electron chi connectivity index (χ3n) is 1.90. The summed E-state index contributed by atoms with van der Waals surface area (Å²) in [6, 6.07) is 0. The topological polar surface area (TPSA) is 69.6 Å². The molecular weight excluding hydrogens is 166 g/mol. The van der Waals surface area contributed by atoms with Gasteiger partial charge in [-0.3, -0.25) is 0 Å². The zero-order chi connectivity index (χ0) is 9.26. The van der Waals surface area contributed by atoms with Crippen LogP contribution in [-0.4, -0.2) is 19.7 Å². The van der Waals surface area contributed by atoms with Crippen LogP contribution in [-0.2, 0) is 6.54 Å². The van der Waals surface area contributed by atoms with Gasteiger partial charge >= 0.3 is 0 Å². The molecule has 13 heavy (non-hydrogen) atoms. The molecule has 5 nitrogen and oxygen atoms in total. The van der Waals surface area contributed by atoms with Crippen LogP contribution in [0.15, 0.2) is 12.5 Å². The summed E-state index contributed by atoms with van der Waals surface area (Å²) in [6.45, 7) is 2.96. The largest absolute Gasteiger partial charge is 0.383 e. The molecule has 2 heterocycles. The molecule has 2 rings (SSSR count). The molecule has 5 heteroatoms. The molecule has 2 aromatic heterocycles. The predicted octanol–water partition coefficient (Wildman–Crippen LogP) is 0.819. The maximum atomic E-state index is 5.66. The van der Waals surface area contributed by atoms with Gasteiger partial charge in [0.1, 0.15) is 12.1 Å². The summed E-state index contributed by atoms with van der Waals surface area (Å²) >= 11 is 0. The van der Waals surface area contributed by atoms with Crippen molar-refractivity contribution in [2.24, 2.45) is 0 Å². The normalized spacial score (nSPS) is 10.8. The van der Waals surface area contributed by atoms with Crippen LogP contribution in [0.3, 0.4) is 0 Å². The van der Waals surface area contributed by atoms with Gasteiger partial charge in [-0.15, -0.1) is 0 Å². The average molecular weight is 177 g/mol. The van der Waals surface area contributed by atoms with Crippen molar-refractivity contribution in [2.75, 3.05) is 5.73 Å². The van der Waals surface area contributed by atoms with E-state index in [-0.39, 0.29) is 0 Å². The molecule has 2 N–H and O–H groups in total. The maximum Gasteiger partial charge on any atom is 0.163 e.